The van der Waals surface area contributed by atoms with E-state index >= 15 is 0 Å². The van der Waals surface area contributed by atoms with Crippen LogP contribution in [0.4, 0.5) is 5.69 Å². The number of benzene rings is 1. The van der Waals surface area contributed by atoms with E-state index in [4.69, 9.17) is 4.74 Å². The fraction of sp³-hybridized carbons (Fsp3) is 0.429. The lowest BCUT2D eigenvalue weighted by Crippen LogP contribution is -2.15. The van der Waals surface area contributed by atoms with Crippen LogP contribution in [0, 0.1) is 22.0 Å². The van der Waals surface area contributed by atoms with Crippen molar-refractivity contribution >= 4 is 5.69 Å². The number of hydrogen-bond acceptors (Lipinski definition) is 4. The van der Waals surface area contributed by atoms with E-state index in [0.717, 1.165) is 5.56 Å². The molecule has 0 unspecified atom stereocenters. The van der Waals surface area contributed by atoms with Gasteiger partial charge in [-0.1, -0.05) is 12.0 Å². The molecule has 0 amide bonds. The highest BCUT2D eigenvalue weighted by Crippen LogP contribution is 2.28. The highest BCUT2D eigenvalue weighted by molar-refractivity contribution is 5.48. The monoisotopic (exact) mass is 260 g/mol. The van der Waals surface area contributed by atoms with Gasteiger partial charge in [0.2, 0.25) is 0 Å². The lowest BCUT2D eigenvalue weighted by atomic mass is 10.2. The first kappa shape index (κ1) is 13.4. The van der Waals surface area contributed by atoms with Crippen LogP contribution >= 0.6 is 0 Å². The van der Waals surface area contributed by atoms with Crippen LogP contribution in [0.25, 0.3) is 0 Å². The van der Waals surface area contributed by atoms with Crippen molar-refractivity contribution in [2.45, 2.75) is 32.4 Å². The molecule has 1 aliphatic carbocycles. The summed E-state index contributed by atoms with van der Waals surface area (Å²) >= 11 is 0. The number of nitrogens with zero attached hydrogens (tertiary/aromatic N) is 1. The second-order valence-electron chi connectivity index (χ2n) is 4.43. The number of nitrogens with one attached hydrogen (secondary N) is 1. The summed E-state index contributed by atoms with van der Waals surface area (Å²) < 4.78 is 5.30. The average molecular weight is 260 g/mol. The van der Waals surface area contributed by atoms with Crippen molar-refractivity contribution in [3.05, 3.63) is 33.9 Å². The molecule has 0 spiro atoms. The van der Waals surface area contributed by atoms with E-state index in [9.17, 15) is 10.1 Å². The summed E-state index contributed by atoms with van der Waals surface area (Å²) in [7, 11) is 0. The maximum Gasteiger partial charge on any atom is 0.311 e. The Morgan fingerprint density at radius 1 is 1.53 bits per heavy atom. The van der Waals surface area contributed by atoms with Gasteiger partial charge in [0, 0.05) is 18.7 Å². The topological polar surface area (TPSA) is 64.4 Å². The van der Waals surface area contributed by atoms with E-state index in [2.05, 4.69) is 17.2 Å². The van der Waals surface area contributed by atoms with Crippen molar-refractivity contribution in [1.29, 1.82) is 0 Å². The third-order valence-corrected chi connectivity index (χ3v) is 2.87. The highest BCUT2D eigenvalue weighted by atomic mass is 16.6. The molecule has 1 saturated carbocycles. The fourth-order valence-electron chi connectivity index (χ4n) is 1.67. The maximum atomic E-state index is 11.0. The molecule has 1 aromatic carbocycles. The van der Waals surface area contributed by atoms with Gasteiger partial charge in [-0.25, -0.2) is 0 Å². The Labute approximate surface area is 112 Å². The SMILES string of the molecule is CC#CCOc1ccc(CNC2CC2)cc1[N+](=O)[O-]. The molecule has 19 heavy (non-hydrogen) atoms. The van der Waals surface area contributed by atoms with Crippen LogP contribution in [0.15, 0.2) is 18.2 Å². The van der Waals surface area contributed by atoms with E-state index in [1.54, 1.807) is 19.1 Å². The third-order valence-electron chi connectivity index (χ3n) is 2.87. The summed E-state index contributed by atoms with van der Waals surface area (Å²) in [4.78, 5) is 10.6. The molecular weight excluding hydrogens is 244 g/mol. The van der Waals surface area contributed by atoms with Gasteiger partial charge in [0.05, 0.1) is 4.92 Å². The van der Waals surface area contributed by atoms with Gasteiger partial charge in [0.15, 0.2) is 5.75 Å². The second kappa shape index (κ2) is 6.21. The molecule has 0 atom stereocenters. The molecule has 0 saturated heterocycles. The molecule has 5 heteroatoms. The predicted octanol–water partition coefficient (Wildman–Crippen LogP) is 2.25. The number of ether oxygens (including phenoxy) is 1. The van der Waals surface area contributed by atoms with Gasteiger partial charge in [-0.3, -0.25) is 10.1 Å². The van der Waals surface area contributed by atoms with E-state index in [-0.39, 0.29) is 18.0 Å². The summed E-state index contributed by atoms with van der Waals surface area (Å²) in [5.41, 5.74) is 0.889. The van der Waals surface area contributed by atoms with Crippen LogP contribution in [-0.2, 0) is 6.54 Å². The van der Waals surface area contributed by atoms with Gasteiger partial charge in [0.25, 0.3) is 0 Å². The molecule has 1 aromatic rings. The number of hydrogen-bond donors (Lipinski definition) is 1. The minimum atomic E-state index is -0.421. The maximum absolute atomic E-state index is 11.0. The number of nitro benzene ring substituents is 1. The largest absolute Gasteiger partial charge is 0.474 e. The molecule has 2 rings (SSSR count). The Kier molecular flexibility index (Phi) is 4.37. The lowest BCUT2D eigenvalue weighted by molar-refractivity contribution is -0.385. The molecule has 5 nitrogen and oxygen atoms in total. The summed E-state index contributed by atoms with van der Waals surface area (Å²) in [6, 6.07) is 5.62. The molecule has 0 radical (unpaired) electrons. The van der Waals surface area contributed by atoms with Gasteiger partial charge in [-0.15, -0.1) is 5.92 Å². The molecule has 0 aliphatic heterocycles. The van der Waals surface area contributed by atoms with E-state index in [1.807, 2.05) is 6.07 Å². The molecule has 100 valence electrons. The first-order valence-electron chi connectivity index (χ1n) is 6.24. The Hall–Kier alpha value is -2.06. The van der Waals surface area contributed by atoms with E-state index < -0.39 is 4.92 Å². The second-order valence-corrected chi connectivity index (χ2v) is 4.43. The van der Waals surface area contributed by atoms with Gasteiger partial charge < -0.3 is 10.1 Å². The summed E-state index contributed by atoms with van der Waals surface area (Å²) in [5.74, 6) is 5.67. The van der Waals surface area contributed by atoms with Crippen molar-refractivity contribution < 1.29 is 9.66 Å². The molecule has 0 bridgehead atoms. The van der Waals surface area contributed by atoms with Crippen molar-refractivity contribution in [1.82, 2.24) is 5.32 Å². The minimum absolute atomic E-state index is 0.00648. The van der Waals surface area contributed by atoms with Crippen molar-refractivity contribution in [2.24, 2.45) is 0 Å². The van der Waals surface area contributed by atoms with Crippen molar-refractivity contribution in [2.75, 3.05) is 6.61 Å². The van der Waals surface area contributed by atoms with Gasteiger partial charge in [-0.05, 0) is 31.4 Å². The van der Waals surface area contributed by atoms with Crippen LogP contribution in [0.2, 0.25) is 0 Å². The Morgan fingerprint density at radius 2 is 2.32 bits per heavy atom. The van der Waals surface area contributed by atoms with Crippen molar-refractivity contribution in [3.8, 4) is 17.6 Å². The molecule has 1 fully saturated rings. The zero-order valence-electron chi connectivity index (χ0n) is 10.8. The summed E-state index contributed by atoms with van der Waals surface area (Å²) in [6.45, 7) is 2.52. The van der Waals surface area contributed by atoms with Crippen LogP contribution in [-0.4, -0.2) is 17.6 Å². The van der Waals surface area contributed by atoms with Gasteiger partial charge in [0.1, 0.15) is 6.61 Å². The number of nitro groups is 1. The molecule has 0 aromatic heterocycles. The first-order chi connectivity index (χ1) is 9.20. The zero-order valence-corrected chi connectivity index (χ0v) is 10.8. The van der Waals surface area contributed by atoms with E-state index in [0.29, 0.717) is 12.6 Å². The average Bonchev–Trinajstić information content (AvgIpc) is 3.21. The molecular formula is C14H16N2O3. The molecule has 1 N–H and O–H groups in total. The van der Waals surface area contributed by atoms with Crippen molar-refractivity contribution in [3.63, 3.8) is 0 Å². The fourth-order valence-corrected chi connectivity index (χ4v) is 1.67. The Bertz CT molecular complexity index is 527. The van der Waals surface area contributed by atoms with Crippen LogP contribution in [0.5, 0.6) is 5.75 Å². The number of rotatable bonds is 6. The third kappa shape index (κ3) is 3.97. The standard InChI is InChI=1S/C14H16N2O3/c1-2-3-8-19-14-7-4-11(9-13(14)16(17)18)10-15-12-5-6-12/h4,7,9,12,15H,5-6,8,10H2,1H3. The lowest BCUT2D eigenvalue weighted by Gasteiger charge is -2.07. The minimum Gasteiger partial charge on any atom is -0.474 e. The predicted molar refractivity (Wildman–Crippen MR) is 71.9 cm³/mol. The Balaban J connectivity index is 2.08. The summed E-state index contributed by atoms with van der Waals surface area (Å²) in [5, 5.41) is 14.4. The summed E-state index contributed by atoms with van der Waals surface area (Å²) in [6.07, 6.45) is 2.39. The quantitative estimate of drug-likeness (QED) is 0.484. The van der Waals surface area contributed by atoms with Crippen LogP contribution < -0.4 is 10.1 Å². The molecule has 0 heterocycles. The van der Waals surface area contributed by atoms with Gasteiger partial charge in [-0.2, -0.15) is 0 Å². The Morgan fingerprint density at radius 3 is 2.95 bits per heavy atom. The normalized spacial score (nSPS) is 13.5. The van der Waals surface area contributed by atoms with E-state index in [1.165, 1.54) is 12.8 Å². The first-order valence-corrected chi connectivity index (χ1v) is 6.24. The molecule has 1 aliphatic rings. The smallest absolute Gasteiger partial charge is 0.311 e. The van der Waals surface area contributed by atoms with Gasteiger partial charge >= 0.3 is 5.69 Å². The van der Waals surface area contributed by atoms with Crippen LogP contribution in [0.1, 0.15) is 25.3 Å². The van der Waals surface area contributed by atoms with Crippen LogP contribution in [0.3, 0.4) is 0 Å². The highest BCUT2D eigenvalue weighted by Gasteiger charge is 2.21. The zero-order chi connectivity index (χ0) is 13.7.